The Balaban J connectivity index is 2.10. The van der Waals surface area contributed by atoms with Crippen molar-refractivity contribution in [3.63, 3.8) is 0 Å². The van der Waals surface area contributed by atoms with E-state index < -0.39 is 0 Å². The zero-order valence-corrected chi connectivity index (χ0v) is 11.8. The molecule has 16 heavy (non-hydrogen) atoms. The Labute approximate surface area is 102 Å². The Morgan fingerprint density at radius 3 is 2.19 bits per heavy atom. The first-order valence-corrected chi connectivity index (χ1v) is 7.35. The minimum absolute atomic E-state index is 0.703. The second-order valence-electron chi connectivity index (χ2n) is 6.23. The molecule has 0 aromatic rings. The molecule has 0 spiro atoms. The molecule has 0 amide bonds. The molecule has 96 valence electrons. The summed E-state index contributed by atoms with van der Waals surface area (Å²) in [6.45, 7) is 9.37. The van der Waals surface area contributed by atoms with Gasteiger partial charge in [-0.1, -0.05) is 39.5 Å². The van der Waals surface area contributed by atoms with Gasteiger partial charge < -0.3 is 5.32 Å². The van der Waals surface area contributed by atoms with E-state index in [0.717, 1.165) is 17.9 Å². The Kier molecular flexibility index (Phi) is 6.41. The highest BCUT2D eigenvalue weighted by atomic mass is 14.9. The second kappa shape index (κ2) is 7.32. The van der Waals surface area contributed by atoms with Crippen LogP contribution in [-0.2, 0) is 0 Å². The van der Waals surface area contributed by atoms with E-state index >= 15 is 0 Å². The van der Waals surface area contributed by atoms with Gasteiger partial charge in [-0.2, -0.15) is 0 Å². The van der Waals surface area contributed by atoms with E-state index in [1.54, 1.807) is 0 Å². The standard InChI is InChI=1S/C15H31N/c1-12(2)8-7-9-13(3)16-14(4)15-10-5-6-11-15/h12-16H,5-11H2,1-4H3. The van der Waals surface area contributed by atoms with Gasteiger partial charge in [-0.15, -0.1) is 0 Å². The van der Waals surface area contributed by atoms with Crippen LogP contribution in [0.3, 0.4) is 0 Å². The van der Waals surface area contributed by atoms with Gasteiger partial charge in [0.2, 0.25) is 0 Å². The molecular weight excluding hydrogens is 194 g/mol. The third-order valence-corrected chi connectivity index (χ3v) is 4.07. The molecule has 2 unspecified atom stereocenters. The normalized spacial score (nSPS) is 21.6. The molecule has 1 rings (SSSR count). The molecule has 0 radical (unpaired) electrons. The highest BCUT2D eigenvalue weighted by Gasteiger charge is 2.22. The largest absolute Gasteiger partial charge is 0.312 e. The van der Waals surface area contributed by atoms with Crippen LogP contribution in [-0.4, -0.2) is 12.1 Å². The van der Waals surface area contributed by atoms with Crippen LogP contribution in [0.2, 0.25) is 0 Å². The molecule has 0 bridgehead atoms. The van der Waals surface area contributed by atoms with Crippen LogP contribution in [0.4, 0.5) is 0 Å². The first-order valence-electron chi connectivity index (χ1n) is 7.35. The van der Waals surface area contributed by atoms with Crippen LogP contribution >= 0.6 is 0 Å². The van der Waals surface area contributed by atoms with E-state index in [1.165, 1.54) is 44.9 Å². The molecule has 1 saturated carbocycles. The van der Waals surface area contributed by atoms with E-state index in [9.17, 15) is 0 Å². The van der Waals surface area contributed by atoms with E-state index in [2.05, 4.69) is 33.0 Å². The quantitative estimate of drug-likeness (QED) is 0.678. The first kappa shape index (κ1) is 14.0. The van der Waals surface area contributed by atoms with Crippen molar-refractivity contribution in [1.29, 1.82) is 0 Å². The van der Waals surface area contributed by atoms with Gasteiger partial charge in [0.25, 0.3) is 0 Å². The van der Waals surface area contributed by atoms with Gasteiger partial charge in [0, 0.05) is 12.1 Å². The lowest BCUT2D eigenvalue weighted by Gasteiger charge is -2.25. The average molecular weight is 225 g/mol. The highest BCUT2D eigenvalue weighted by Crippen LogP contribution is 2.27. The van der Waals surface area contributed by atoms with Crippen molar-refractivity contribution in [3.05, 3.63) is 0 Å². The zero-order valence-electron chi connectivity index (χ0n) is 11.8. The third-order valence-electron chi connectivity index (χ3n) is 4.07. The molecule has 1 aliphatic rings. The van der Waals surface area contributed by atoms with Crippen LogP contribution in [0.5, 0.6) is 0 Å². The molecule has 1 N–H and O–H groups in total. The molecule has 0 aromatic heterocycles. The van der Waals surface area contributed by atoms with E-state index in [4.69, 9.17) is 0 Å². The van der Waals surface area contributed by atoms with Gasteiger partial charge >= 0.3 is 0 Å². The highest BCUT2D eigenvalue weighted by molar-refractivity contribution is 4.79. The summed E-state index contributed by atoms with van der Waals surface area (Å²) in [6, 6.07) is 1.44. The topological polar surface area (TPSA) is 12.0 Å². The molecule has 1 aliphatic carbocycles. The number of nitrogens with one attached hydrogen (secondary N) is 1. The van der Waals surface area contributed by atoms with Crippen LogP contribution in [0, 0.1) is 11.8 Å². The number of hydrogen-bond donors (Lipinski definition) is 1. The lowest BCUT2D eigenvalue weighted by atomic mass is 9.97. The maximum Gasteiger partial charge on any atom is 0.00694 e. The van der Waals surface area contributed by atoms with Crippen LogP contribution in [0.1, 0.15) is 72.6 Å². The van der Waals surface area contributed by atoms with Crippen molar-refractivity contribution in [2.24, 2.45) is 11.8 Å². The van der Waals surface area contributed by atoms with Crippen molar-refractivity contribution in [3.8, 4) is 0 Å². The molecule has 0 aromatic carbocycles. The maximum absolute atomic E-state index is 3.80. The fourth-order valence-corrected chi connectivity index (χ4v) is 2.96. The number of rotatable bonds is 7. The third kappa shape index (κ3) is 5.34. The summed E-state index contributed by atoms with van der Waals surface area (Å²) < 4.78 is 0. The van der Waals surface area contributed by atoms with Crippen molar-refractivity contribution in [2.75, 3.05) is 0 Å². The van der Waals surface area contributed by atoms with E-state index in [-0.39, 0.29) is 0 Å². The summed E-state index contributed by atoms with van der Waals surface area (Å²) in [5.41, 5.74) is 0. The minimum atomic E-state index is 0.703. The lowest BCUT2D eigenvalue weighted by molar-refractivity contribution is 0.334. The Morgan fingerprint density at radius 1 is 1.00 bits per heavy atom. The average Bonchev–Trinajstić information content (AvgIpc) is 2.69. The predicted molar refractivity (Wildman–Crippen MR) is 72.7 cm³/mol. The zero-order chi connectivity index (χ0) is 12.0. The maximum atomic E-state index is 3.80. The van der Waals surface area contributed by atoms with Gasteiger partial charge in [0.15, 0.2) is 0 Å². The summed E-state index contributed by atoms with van der Waals surface area (Å²) in [4.78, 5) is 0. The van der Waals surface area contributed by atoms with Crippen molar-refractivity contribution in [1.82, 2.24) is 5.32 Å². The predicted octanol–water partition coefficient (Wildman–Crippen LogP) is 4.37. The van der Waals surface area contributed by atoms with Crippen molar-refractivity contribution < 1.29 is 0 Å². The minimum Gasteiger partial charge on any atom is -0.312 e. The van der Waals surface area contributed by atoms with Gasteiger partial charge in [0.1, 0.15) is 0 Å². The molecule has 1 heteroatoms. The molecule has 0 heterocycles. The van der Waals surface area contributed by atoms with Crippen molar-refractivity contribution >= 4 is 0 Å². The van der Waals surface area contributed by atoms with E-state index in [1.807, 2.05) is 0 Å². The van der Waals surface area contributed by atoms with Gasteiger partial charge in [-0.3, -0.25) is 0 Å². The van der Waals surface area contributed by atoms with Gasteiger partial charge in [0.05, 0.1) is 0 Å². The fourth-order valence-electron chi connectivity index (χ4n) is 2.96. The number of hydrogen-bond acceptors (Lipinski definition) is 1. The summed E-state index contributed by atoms with van der Waals surface area (Å²) in [6.07, 6.45) is 9.92. The molecular formula is C15H31N. The van der Waals surface area contributed by atoms with Gasteiger partial charge in [-0.25, -0.2) is 0 Å². The lowest BCUT2D eigenvalue weighted by Crippen LogP contribution is -2.38. The Morgan fingerprint density at radius 2 is 1.62 bits per heavy atom. The monoisotopic (exact) mass is 225 g/mol. The second-order valence-corrected chi connectivity index (χ2v) is 6.23. The molecule has 0 saturated heterocycles. The van der Waals surface area contributed by atoms with Crippen LogP contribution in [0.15, 0.2) is 0 Å². The fraction of sp³-hybridized carbons (Fsp3) is 1.00. The SMILES string of the molecule is CC(C)CCCC(C)NC(C)C1CCCC1. The summed E-state index contributed by atoms with van der Waals surface area (Å²) in [5, 5.41) is 3.80. The molecule has 1 nitrogen and oxygen atoms in total. The van der Waals surface area contributed by atoms with Gasteiger partial charge in [-0.05, 0) is 44.9 Å². The van der Waals surface area contributed by atoms with Crippen LogP contribution < -0.4 is 5.32 Å². The summed E-state index contributed by atoms with van der Waals surface area (Å²) in [7, 11) is 0. The molecule has 0 aliphatic heterocycles. The van der Waals surface area contributed by atoms with Crippen molar-refractivity contribution in [2.45, 2.75) is 84.7 Å². The molecule has 1 fully saturated rings. The van der Waals surface area contributed by atoms with Crippen LogP contribution in [0.25, 0.3) is 0 Å². The summed E-state index contributed by atoms with van der Waals surface area (Å²) in [5.74, 6) is 1.81. The smallest absolute Gasteiger partial charge is 0.00694 e. The van der Waals surface area contributed by atoms with E-state index in [0.29, 0.717) is 6.04 Å². The molecule has 2 atom stereocenters. The first-order chi connectivity index (χ1) is 7.59. The Bertz CT molecular complexity index is 170. The Hall–Kier alpha value is -0.0400. The summed E-state index contributed by atoms with van der Waals surface area (Å²) >= 11 is 0.